The van der Waals surface area contributed by atoms with Gasteiger partial charge in [-0.2, -0.15) is 0 Å². The number of carbonyl (C=O) groups is 1. The molecule has 0 bridgehead atoms. The fourth-order valence-electron chi connectivity index (χ4n) is 3.55. The van der Waals surface area contributed by atoms with Crippen molar-refractivity contribution in [1.82, 2.24) is 0 Å². The summed E-state index contributed by atoms with van der Waals surface area (Å²) in [6, 6.07) is 19.2. The van der Waals surface area contributed by atoms with E-state index in [-0.39, 0.29) is 5.97 Å². The molecule has 27 heavy (non-hydrogen) atoms. The zero-order valence-electron chi connectivity index (χ0n) is 16.0. The summed E-state index contributed by atoms with van der Waals surface area (Å²) in [6.45, 7) is 8.07. The van der Waals surface area contributed by atoms with Crippen molar-refractivity contribution in [2.24, 2.45) is 0 Å². The summed E-state index contributed by atoms with van der Waals surface area (Å²) in [5.74, 6) is 1.12. The molecular weight excluding hydrogens is 336 g/mol. The van der Waals surface area contributed by atoms with Gasteiger partial charge in [-0.05, 0) is 74.7 Å². The molecule has 0 saturated heterocycles. The van der Waals surface area contributed by atoms with E-state index in [0.29, 0.717) is 5.56 Å². The zero-order chi connectivity index (χ0) is 19.2. The monoisotopic (exact) mass is 358 g/mol. The topological polar surface area (TPSA) is 35.5 Å². The van der Waals surface area contributed by atoms with Crippen LogP contribution in [0.4, 0.5) is 0 Å². The molecular formula is C24H22O3. The molecule has 4 rings (SSSR count). The number of rotatable bonds is 2. The Labute approximate surface area is 159 Å². The molecule has 3 aromatic carbocycles. The molecule has 136 valence electrons. The van der Waals surface area contributed by atoms with Gasteiger partial charge >= 0.3 is 5.97 Å². The Morgan fingerprint density at radius 3 is 2.26 bits per heavy atom. The Morgan fingerprint density at radius 2 is 1.52 bits per heavy atom. The molecule has 0 spiro atoms. The van der Waals surface area contributed by atoms with Gasteiger partial charge in [-0.1, -0.05) is 30.3 Å². The van der Waals surface area contributed by atoms with Crippen LogP contribution in [0.15, 0.2) is 60.7 Å². The summed E-state index contributed by atoms with van der Waals surface area (Å²) in [6.07, 6.45) is 0. The third kappa shape index (κ3) is 2.89. The van der Waals surface area contributed by atoms with Crippen molar-refractivity contribution in [3.63, 3.8) is 0 Å². The lowest BCUT2D eigenvalue weighted by Gasteiger charge is -2.37. The highest BCUT2D eigenvalue weighted by Gasteiger charge is 2.42. The first-order valence-corrected chi connectivity index (χ1v) is 9.07. The molecule has 0 N–H and O–H groups in total. The van der Waals surface area contributed by atoms with E-state index in [1.54, 1.807) is 12.1 Å². The van der Waals surface area contributed by atoms with Crippen molar-refractivity contribution in [2.45, 2.75) is 33.3 Å². The average Bonchev–Trinajstić information content (AvgIpc) is 2.64. The van der Waals surface area contributed by atoms with Crippen molar-refractivity contribution >= 4 is 5.97 Å². The standard InChI is InChI=1S/C24H22O3/c1-15-10-11-19-21(12-15)26-22-14-17(3)16(2)13-20(22)24(19,4)27-23(25)18-8-6-5-7-9-18/h5-14H,1-4H3. The van der Waals surface area contributed by atoms with Crippen LogP contribution in [0.1, 0.15) is 45.1 Å². The Bertz CT molecular complexity index is 1040. The smallest absolute Gasteiger partial charge is 0.339 e. The Hall–Kier alpha value is -3.07. The predicted octanol–water partition coefficient (Wildman–Crippen LogP) is 5.84. The third-order valence-corrected chi connectivity index (χ3v) is 5.29. The molecule has 0 amide bonds. The predicted molar refractivity (Wildman–Crippen MR) is 105 cm³/mol. The fraction of sp³-hybridized carbons (Fsp3) is 0.208. The van der Waals surface area contributed by atoms with Crippen LogP contribution in [0.5, 0.6) is 11.5 Å². The summed E-state index contributed by atoms with van der Waals surface area (Å²) >= 11 is 0. The molecule has 1 unspecified atom stereocenters. The summed E-state index contributed by atoms with van der Waals surface area (Å²) in [5, 5.41) is 0. The zero-order valence-corrected chi connectivity index (χ0v) is 16.0. The van der Waals surface area contributed by atoms with Gasteiger partial charge in [0.1, 0.15) is 11.5 Å². The summed E-state index contributed by atoms with van der Waals surface area (Å²) in [7, 11) is 0. The summed E-state index contributed by atoms with van der Waals surface area (Å²) in [4.78, 5) is 12.9. The first kappa shape index (κ1) is 17.3. The molecule has 3 aromatic rings. The first-order valence-electron chi connectivity index (χ1n) is 9.07. The van der Waals surface area contributed by atoms with Crippen LogP contribution in [0.25, 0.3) is 0 Å². The Morgan fingerprint density at radius 1 is 0.852 bits per heavy atom. The second-order valence-electron chi connectivity index (χ2n) is 7.32. The van der Waals surface area contributed by atoms with Crippen LogP contribution >= 0.6 is 0 Å². The van der Waals surface area contributed by atoms with E-state index in [9.17, 15) is 4.79 Å². The van der Waals surface area contributed by atoms with Gasteiger partial charge in [-0.25, -0.2) is 4.79 Å². The highest BCUT2D eigenvalue weighted by Crippen LogP contribution is 2.50. The Kier molecular flexibility index (Phi) is 4.03. The van der Waals surface area contributed by atoms with Gasteiger partial charge in [-0.3, -0.25) is 0 Å². The van der Waals surface area contributed by atoms with Crippen molar-refractivity contribution in [3.05, 3.63) is 94.0 Å². The van der Waals surface area contributed by atoms with Gasteiger partial charge in [0.05, 0.1) is 5.56 Å². The molecule has 3 heteroatoms. The Balaban J connectivity index is 1.88. The number of ether oxygens (including phenoxy) is 2. The molecule has 1 aliphatic heterocycles. The van der Waals surface area contributed by atoms with E-state index in [4.69, 9.17) is 9.47 Å². The number of benzene rings is 3. The molecule has 1 heterocycles. The molecule has 0 aromatic heterocycles. The van der Waals surface area contributed by atoms with Crippen molar-refractivity contribution < 1.29 is 14.3 Å². The number of esters is 1. The highest BCUT2D eigenvalue weighted by atomic mass is 16.6. The lowest BCUT2D eigenvalue weighted by Crippen LogP contribution is -2.34. The molecule has 0 fully saturated rings. The fourth-order valence-corrected chi connectivity index (χ4v) is 3.55. The number of hydrogen-bond acceptors (Lipinski definition) is 3. The maximum absolute atomic E-state index is 12.9. The largest absolute Gasteiger partial charge is 0.456 e. The average molecular weight is 358 g/mol. The van der Waals surface area contributed by atoms with Crippen molar-refractivity contribution in [2.75, 3.05) is 0 Å². The van der Waals surface area contributed by atoms with Crippen LogP contribution in [-0.2, 0) is 10.3 Å². The van der Waals surface area contributed by atoms with E-state index in [1.807, 2.05) is 56.3 Å². The quantitative estimate of drug-likeness (QED) is 0.540. The van der Waals surface area contributed by atoms with Crippen LogP contribution in [0.2, 0.25) is 0 Å². The summed E-state index contributed by atoms with van der Waals surface area (Å²) in [5.41, 5.74) is 4.69. The van der Waals surface area contributed by atoms with E-state index in [1.165, 1.54) is 0 Å². The van der Waals surface area contributed by atoms with Crippen LogP contribution < -0.4 is 4.74 Å². The van der Waals surface area contributed by atoms with Gasteiger partial charge in [0.2, 0.25) is 0 Å². The van der Waals surface area contributed by atoms with Gasteiger partial charge in [0.25, 0.3) is 0 Å². The van der Waals surface area contributed by atoms with Crippen molar-refractivity contribution in [1.29, 1.82) is 0 Å². The van der Waals surface area contributed by atoms with Crippen LogP contribution in [-0.4, -0.2) is 5.97 Å². The van der Waals surface area contributed by atoms with Gasteiger partial charge in [0.15, 0.2) is 5.60 Å². The number of aryl methyl sites for hydroxylation is 3. The van der Waals surface area contributed by atoms with E-state index >= 15 is 0 Å². The number of carbonyl (C=O) groups excluding carboxylic acids is 1. The second kappa shape index (κ2) is 6.27. The molecule has 1 atom stereocenters. The maximum Gasteiger partial charge on any atom is 0.339 e. The SMILES string of the molecule is Cc1ccc2c(c1)Oc1cc(C)c(C)cc1C2(C)OC(=O)c1ccccc1. The van der Waals surface area contributed by atoms with Gasteiger partial charge in [-0.15, -0.1) is 0 Å². The molecule has 1 aliphatic rings. The normalized spacial score (nSPS) is 17.5. The number of hydrogen-bond donors (Lipinski definition) is 0. The van der Waals surface area contributed by atoms with E-state index in [2.05, 4.69) is 19.9 Å². The minimum atomic E-state index is -0.929. The van der Waals surface area contributed by atoms with Gasteiger partial charge < -0.3 is 9.47 Å². The minimum absolute atomic E-state index is 0.351. The van der Waals surface area contributed by atoms with Crippen LogP contribution in [0, 0.1) is 20.8 Å². The highest BCUT2D eigenvalue weighted by molar-refractivity contribution is 5.90. The lowest BCUT2D eigenvalue weighted by molar-refractivity contribution is 0.00279. The van der Waals surface area contributed by atoms with E-state index in [0.717, 1.165) is 39.3 Å². The maximum atomic E-state index is 12.9. The van der Waals surface area contributed by atoms with Crippen molar-refractivity contribution in [3.8, 4) is 11.5 Å². The molecule has 0 radical (unpaired) electrons. The lowest BCUT2D eigenvalue weighted by atomic mass is 9.83. The first-order chi connectivity index (χ1) is 12.9. The molecule has 3 nitrogen and oxygen atoms in total. The van der Waals surface area contributed by atoms with E-state index < -0.39 is 5.60 Å². The summed E-state index contributed by atoms with van der Waals surface area (Å²) < 4.78 is 12.3. The second-order valence-corrected chi connectivity index (χ2v) is 7.32. The third-order valence-electron chi connectivity index (χ3n) is 5.29. The molecule has 0 aliphatic carbocycles. The van der Waals surface area contributed by atoms with Gasteiger partial charge in [0, 0.05) is 11.1 Å². The number of fused-ring (bicyclic) bond motifs is 2. The minimum Gasteiger partial charge on any atom is -0.456 e. The molecule has 0 saturated carbocycles. The van der Waals surface area contributed by atoms with Crippen LogP contribution in [0.3, 0.4) is 0 Å².